The van der Waals surface area contributed by atoms with E-state index in [1.807, 2.05) is 55.5 Å². The lowest BCUT2D eigenvalue weighted by Crippen LogP contribution is -2.26. The van der Waals surface area contributed by atoms with E-state index in [2.05, 4.69) is 41.4 Å². The SMILES string of the molecule is CCOc1cccc(C#CCCNC(=O)OCC2c3ccccc3-c3ccccc32)c1. The van der Waals surface area contributed by atoms with Crippen LogP contribution in [-0.4, -0.2) is 25.9 Å². The lowest BCUT2D eigenvalue weighted by atomic mass is 9.98. The van der Waals surface area contributed by atoms with Crippen LogP contribution in [0.5, 0.6) is 5.75 Å². The first-order valence-corrected chi connectivity index (χ1v) is 10.6. The van der Waals surface area contributed by atoms with Gasteiger partial charge in [0.2, 0.25) is 0 Å². The average molecular weight is 412 g/mol. The Morgan fingerprint density at radius 1 is 0.968 bits per heavy atom. The predicted molar refractivity (Wildman–Crippen MR) is 122 cm³/mol. The lowest BCUT2D eigenvalue weighted by Gasteiger charge is -2.14. The molecule has 4 nitrogen and oxygen atoms in total. The van der Waals surface area contributed by atoms with E-state index >= 15 is 0 Å². The molecule has 1 aliphatic rings. The first-order valence-electron chi connectivity index (χ1n) is 10.6. The Bertz CT molecular complexity index is 1080. The minimum absolute atomic E-state index is 0.0653. The molecule has 0 fully saturated rings. The largest absolute Gasteiger partial charge is 0.494 e. The first kappa shape index (κ1) is 20.6. The van der Waals surface area contributed by atoms with E-state index in [0.29, 0.717) is 26.2 Å². The Kier molecular flexibility index (Phi) is 6.54. The number of alkyl carbamates (subject to hydrolysis) is 1. The number of rotatable bonds is 6. The molecule has 0 saturated carbocycles. The number of benzene rings is 3. The molecular formula is C27H25NO3. The molecule has 4 rings (SSSR count). The normalized spacial score (nSPS) is 11.6. The van der Waals surface area contributed by atoms with Crippen molar-refractivity contribution in [2.24, 2.45) is 0 Å². The molecule has 1 amide bonds. The maximum atomic E-state index is 12.2. The van der Waals surface area contributed by atoms with E-state index in [-0.39, 0.29) is 5.92 Å². The first-order chi connectivity index (χ1) is 15.3. The molecule has 1 aliphatic carbocycles. The molecule has 0 spiro atoms. The average Bonchev–Trinajstić information content (AvgIpc) is 3.12. The molecule has 0 aromatic heterocycles. The summed E-state index contributed by atoms with van der Waals surface area (Å²) in [6.45, 7) is 3.33. The molecule has 0 radical (unpaired) electrons. The summed E-state index contributed by atoms with van der Waals surface area (Å²) in [5.41, 5.74) is 5.74. The van der Waals surface area contributed by atoms with Gasteiger partial charge in [-0.3, -0.25) is 0 Å². The van der Waals surface area contributed by atoms with Gasteiger partial charge in [-0.15, -0.1) is 0 Å². The molecule has 0 saturated heterocycles. The molecule has 0 atom stereocenters. The highest BCUT2D eigenvalue weighted by Gasteiger charge is 2.28. The lowest BCUT2D eigenvalue weighted by molar-refractivity contribution is 0.143. The third-order valence-electron chi connectivity index (χ3n) is 5.24. The van der Waals surface area contributed by atoms with Gasteiger partial charge in [0.1, 0.15) is 12.4 Å². The monoisotopic (exact) mass is 411 g/mol. The van der Waals surface area contributed by atoms with Crippen LogP contribution in [0.4, 0.5) is 4.79 Å². The Labute approximate surface area is 183 Å². The summed E-state index contributed by atoms with van der Waals surface area (Å²) in [5, 5.41) is 2.78. The van der Waals surface area contributed by atoms with E-state index < -0.39 is 6.09 Å². The molecule has 1 N–H and O–H groups in total. The molecule has 3 aromatic rings. The van der Waals surface area contributed by atoms with Crippen molar-refractivity contribution in [2.45, 2.75) is 19.3 Å². The number of carbonyl (C=O) groups is 1. The van der Waals surface area contributed by atoms with Crippen LogP contribution in [0.2, 0.25) is 0 Å². The molecule has 4 heteroatoms. The summed E-state index contributed by atoms with van der Waals surface area (Å²) in [7, 11) is 0. The van der Waals surface area contributed by atoms with Gasteiger partial charge in [0.25, 0.3) is 0 Å². The van der Waals surface area contributed by atoms with Crippen LogP contribution in [0.3, 0.4) is 0 Å². The number of ether oxygens (including phenoxy) is 2. The molecule has 31 heavy (non-hydrogen) atoms. The summed E-state index contributed by atoms with van der Waals surface area (Å²) in [5.74, 6) is 7.04. The van der Waals surface area contributed by atoms with Crippen LogP contribution in [0.1, 0.15) is 36.0 Å². The van der Waals surface area contributed by atoms with Crippen molar-refractivity contribution in [1.82, 2.24) is 5.32 Å². The van der Waals surface area contributed by atoms with Crippen molar-refractivity contribution in [3.63, 3.8) is 0 Å². The number of amides is 1. The van der Waals surface area contributed by atoms with Gasteiger partial charge in [-0.05, 0) is 47.4 Å². The highest BCUT2D eigenvalue weighted by molar-refractivity contribution is 5.79. The second-order valence-electron chi connectivity index (χ2n) is 7.26. The van der Waals surface area contributed by atoms with Gasteiger partial charge in [-0.1, -0.05) is 66.4 Å². The Morgan fingerprint density at radius 2 is 1.68 bits per heavy atom. The van der Waals surface area contributed by atoms with Gasteiger partial charge in [0.15, 0.2) is 0 Å². The second-order valence-corrected chi connectivity index (χ2v) is 7.26. The summed E-state index contributed by atoms with van der Waals surface area (Å²) in [6.07, 6.45) is 0.130. The zero-order chi connectivity index (χ0) is 21.5. The van der Waals surface area contributed by atoms with Crippen molar-refractivity contribution < 1.29 is 14.3 Å². The highest BCUT2D eigenvalue weighted by atomic mass is 16.5. The molecule has 0 aliphatic heterocycles. The van der Waals surface area contributed by atoms with Crippen molar-refractivity contribution >= 4 is 6.09 Å². The summed E-state index contributed by atoms with van der Waals surface area (Å²) < 4.78 is 11.0. The van der Waals surface area contributed by atoms with Gasteiger partial charge in [0, 0.05) is 24.4 Å². The zero-order valence-electron chi connectivity index (χ0n) is 17.6. The molecule has 156 valence electrons. The maximum Gasteiger partial charge on any atom is 0.407 e. The number of hydrogen-bond donors (Lipinski definition) is 1. The molecular weight excluding hydrogens is 386 g/mol. The molecule has 0 heterocycles. The van der Waals surface area contributed by atoms with E-state index in [4.69, 9.17) is 9.47 Å². The number of hydrogen-bond acceptors (Lipinski definition) is 3. The van der Waals surface area contributed by atoms with Gasteiger partial charge in [-0.25, -0.2) is 4.79 Å². The number of carbonyl (C=O) groups excluding carboxylic acids is 1. The number of nitrogens with one attached hydrogen (secondary N) is 1. The Balaban J connectivity index is 1.27. The third-order valence-corrected chi connectivity index (χ3v) is 5.24. The minimum Gasteiger partial charge on any atom is -0.494 e. The molecule has 0 unspecified atom stereocenters. The fraction of sp³-hybridized carbons (Fsp3) is 0.222. The number of fused-ring (bicyclic) bond motifs is 3. The van der Waals surface area contributed by atoms with Crippen LogP contribution in [0, 0.1) is 11.8 Å². The van der Waals surface area contributed by atoms with E-state index in [1.54, 1.807) is 0 Å². The summed E-state index contributed by atoms with van der Waals surface area (Å²) in [6, 6.07) is 24.3. The maximum absolute atomic E-state index is 12.2. The Morgan fingerprint density at radius 3 is 2.39 bits per heavy atom. The van der Waals surface area contributed by atoms with Crippen LogP contribution in [0.25, 0.3) is 11.1 Å². The van der Waals surface area contributed by atoms with Crippen LogP contribution in [-0.2, 0) is 4.74 Å². The summed E-state index contributed by atoms with van der Waals surface area (Å²) in [4.78, 5) is 12.2. The van der Waals surface area contributed by atoms with Gasteiger partial charge < -0.3 is 14.8 Å². The van der Waals surface area contributed by atoms with Crippen molar-refractivity contribution in [2.75, 3.05) is 19.8 Å². The fourth-order valence-electron chi connectivity index (χ4n) is 3.87. The van der Waals surface area contributed by atoms with E-state index in [0.717, 1.165) is 11.3 Å². The molecule has 0 bridgehead atoms. The van der Waals surface area contributed by atoms with Crippen molar-refractivity contribution in [1.29, 1.82) is 0 Å². The quantitative estimate of drug-likeness (QED) is 0.438. The fourth-order valence-corrected chi connectivity index (χ4v) is 3.87. The Hall–Kier alpha value is -3.71. The van der Waals surface area contributed by atoms with E-state index in [1.165, 1.54) is 22.3 Å². The van der Waals surface area contributed by atoms with Crippen LogP contribution in [0.15, 0.2) is 72.8 Å². The van der Waals surface area contributed by atoms with Crippen LogP contribution < -0.4 is 10.1 Å². The third kappa shape index (κ3) is 4.90. The van der Waals surface area contributed by atoms with Gasteiger partial charge in [0.05, 0.1) is 6.61 Å². The smallest absolute Gasteiger partial charge is 0.407 e. The van der Waals surface area contributed by atoms with Crippen LogP contribution >= 0.6 is 0 Å². The van der Waals surface area contributed by atoms with Gasteiger partial charge in [-0.2, -0.15) is 0 Å². The molecule has 3 aromatic carbocycles. The topological polar surface area (TPSA) is 47.6 Å². The predicted octanol–water partition coefficient (Wildman–Crippen LogP) is 5.37. The van der Waals surface area contributed by atoms with Crippen molar-refractivity contribution in [3.8, 4) is 28.7 Å². The summed E-state index contributed by atoms with van der Waals surface area (Å²) >= 11 is 0. The van der Waals surface area contributed by atoms with E-state index in [9.17, 15) is 4.79 Å². The zero-order valence-corrected chi connectivity index (χ0v) is 17.6. The highest BCUT2D eigenvalue weighted by Crippen LogP contribution is 2.44. The second kappa shape index (κ2) is 9.86. The minimum atomic E-state index is -0.415. The van der Waals surface area contributed by atoms with Crippen molar-refractivity contribution in [3.05, 3.63) is 89.5 Å². The standard InChI is InChI=1S/C27H25NO3/c1-2-30-21-12-9-11-20(18-21)10-7-8-17-28-27(29)31-19-26-24-15-5-3-13-22(24)23-14-4-6-16-25(23)26/h3-6,9,11-16,18,26H,2,8,17,19H2,1H3,(H,28,29). The van der Waals surface area contributed by atoms with Gasteiger partial charge >= 0.3 is 6.09 Å².